The molecule has 5 nitrogen and oxygen atoms in total. The van der Waals surface area contributed by atoms with Crippen molar-refractivity contribution >= 4 is 40.0 Å². The van der Waals surface area contributed by atoms with Gasteiger partial charge in [-0.1, -0.05) is 42.0 Å². The number of benzene rings is 2. The fourth-order valence-corrected chi connectivity index (χ4v) is 4.38. The number of nitrogens with one attached hydrogen (secondary N) is 1. The van der Waals surface area contributed by atoms with Gasteiger partial charge in [0, 0.05) is 18.4 Å². The monoisotopic (exact) mass is 449 g/mol. The van der Waals surface area contributed by atoms with E-state index in [4.69, 9.17) is 0 Å². The van der Waals surface area contributed by atoms with Crippen LogP contribution in [0.3, 0.4) is 0 Å². The minimum atomic E-state index is -0.503. The number of hydrogen-bond donors (Lipinski definition) is 1. The van der Waals surface area contributed by atoms with Crippen LogP contribution in [0.2, 0.25) is 0 Å². The fourth-order valence-electron chi connectivity index (χ4n) is 3.54. The number of carbonyl (C=O) groups is 2. The second-order valence-electron chi connectivity index (χ2n) is 7.93. The van der Waals surface area contributed by atoms with Crippen LogP contribution in [0.15, 0.2) is 60.0 Å². The first-order valence-corrected chi connectivity index (χ1v) is 11.4. The van der Waals surface area contributed by atoms with E-state index in [0.29, 0.717) is 16.7 Å². The zero-order valence-electron chi connectivity index (χ0n) is 17.9. The molecular weight excluding hydrogens is 425 g/mol. The van der Waals surface area contributed by atoms with Crippen LogP contribution < -0.4 is 10.2 Å². The second kappa shape index (κ2) is 9.44. The Kier molecular flexibility index (Phi) is 6.46. The van der Waals surface area contributed by atoms with Crippen molar-refractivity contribution in [2.24, 2.45) is 5.92 Å². The van der Waals surface area contributed by atoms with Crippen molar-refractivity contribution in [1.82, 2.24) is 10.3 Å². The van der Waals surface area contributed by atoms with Gasteiger partial charge in [-0.25, -0.2) is 9.37 Å². The van der Waals surface area contributed by atoms with Crippen LogP contribution in [-0.4, -0.2) is 16.8 Å². The third-order valence-corrected chi connectivity index (χ3v) is 6.19. The Bertz CT molecular complexity index is 1150. The summed E-state index contributed by atoms with van der Waals surface area (Å²) < 4.78 is 14.2. The van der Waals surface area contributed by atoms with Gasteiger partial charge in [-0.2, -0.15) is 0 Å². The maximum absolute atomic E-state index is 14.2. The molecule has 1 N–H and O–H groups in total. The van der Waals surface area contributed by atoms with Gasteiger partial charge in [-0.15, -0.1) is 11.3 Å². The Labute approximate surface area is 190 Å². The summed E-state index contributed by atoms with van der Waals surface area (Å²) in [4.78, 5) is 30.4. The Balaban J connectivity index is 1.47. The molecule has 1 unspecified atom stereocenters. The topological polar surface area (TPSA) is 62.3 Å². The van der Waals surface area contributed by atoms with E-state index in [-0.39, 0.29) is 23.5 Å². The largest absolute Gasteiger partial charge is 0.345 e. The van der Waals surface area contributed by atoms with E-state index in [9.17, 15) is 14.0 Å². The zero-order chi connectivity index (χ0) is 22.7. The molecule has 32 heavy (non-hydrogen) atoms. The summed E-state index contributed by atoms with van der Waals surface area (Å²) in [5, 5.41) is 5.18. The average Bonchev–Trinajstić information content (AvgIpc) is 3.51. The van der Waals surface area contributed by atoms with Crippen LogP contribution in [0.1, 0.15) is 42.6 Å². The SMILES string of the molecule is CC(=O)N(c1nc(/C=C/C(=O)NC(c2ccc(C)cc2)C2CC2)cs1)c1ccccc1F. The van der Waals surface area contributed by atoms with Gasteiger partial charge in [-0.3, -0.25) is 14.5 Å². The summed E-state index contributed by atoms with van der Waals surface area (Å²) in [5.74, 6) is -0.583. The van der Waals surface area contributed by atoms with Crippen molar-refractivity contribution in [3.05, 3.63) is 82.6 Å². The molecule has 0 spiro atoms. The third-order valence-electron chi connectivity index (χ3n) is 5.34. The van der Waals surface area contributed by atoms with Crippen molar-refractivity contribution in [3.8, 4) is 0 Å². The number of anilines is 2. The van der Waals surface area contributed by atoms with Crippen LogP contribution in [-0.2, 0) is 9.59 Å². The lowest BCUT2D eigenvalue weighted by atomic mass is 10.0. The summed E-state index contributed by atoms with van der Waals surface area (Å²) in [6.07, 6.45) is 5.27. The number of nitrogens with zero attached hydrogens (tertiary/aromatic N) is 2. The molecule has 1 heterocycles. The molecular formula is C25H24FN3O2S. The van der Waals surface area contributed by atoms with E-state index in [2.05, 4.69) is 34.6 Å². The molecule has 1 atom stereocenters. The molecule has 0 radical (unpaired) electrons. The highest BCUT2D eigenvalue weighted by molar-refractivity contribution is 7.14. The first-order chi connectivity index (χ1) is 15.4. The lowest BCUT2D eigenvalue weighted by Crippen LogP contribution is -2.28. The summed E-state index contributed by atoms with van der Waals surface area (Å²) in [5.41, 5.74) is 2.97. The number of carbonyl (C=O) groups excluding carboxylic acids is 2. The second-order valence-corrected chi connectivity index (χ2v) is 8.77. The molecule has 4 rings (SSSR count). The maximum atomic E-state index is 14.2. The molecule has 164 valence electrons. The molecule has 2 aromatic carbocycles. The number of thiazole rings is 1. The van der Waals surface area contributed by atoms with Crippen LogP contribution in [0, 0.1) is 18.7 Å². The van der Waals surface area contributed by atoms with E-state index >= 15 is 0 Å². The quantitative estimate of drug-likeness (QED) is 0.481. The predicted octanol–water partition coefficient (Wildman–Crippen LogP) is 5.56. The number of rotatable bonds is 7. The highest BCUT2D eigenvalue weighted by Gasteiger charge is 2.33. The van der Waals surface area contributed by atoms with Crippen molar-refractivity contribution in [2.75, 3.05) is 4.90 Å². The lowest BCUT2D eigenvalue weighted by molar-refractivity contribution is -0.117. The van der Waals surface area contributed by atoms with Crippen molar-refractivity contribution < 1.29 is 14.0 Å². The Hall–Kier alpha value is -3.32. The van der Waals surface area contributed by atoms with Gasteiger partial charge in [0.25, 0.3) is 0 Å². The number of aromatic nitrogens is 1. The van der Waals surface area contributed by atoms with E-state index in [0.717, 1.165) is 18.4 Å². The number of halogens is 1. The minimum Gasteiger partial charge on any atom is -0.345 e. The Morgan fingerprint density at radius 3 is 2.56 bits per heavy atom. The zero-order valence-corrected chi connectivity index (χ0v) is 18.7. The normalized spacial score (nSPS) is 14.3. The predicted molar refractivity (Wildman–Crippen MR) is 125 cm³/mol. The van der Waals surface area contributed by atoms with Gasteiger partial charge in [0.05, 0.1) is 17.4 Å². The van der Waals surface area contributed by atoms with Crippen LogP contribution in [0.5, 0.6) is 0 Å². The average molecular weight is 450 g/mol. The maximum Gasteiger partial charge on any atom is 0.244 e. The van der Waals surface area contributed by atoms with Crippen LogP contribution in [0.25, 0.3) is 6.08 Å². The number of aryl methyl sites for hydroxylation is 1. The van der Waals surface area contributed by atoms with Crippen molar-refractivity contribution in [3.63, 3.8) is 0 Å². The number of amides is 2. The van der Waals surface area contributed by atoms with Gasteiger partial charge in [-0.05, 0) is 49.5 Å². The van der Waals surface area contributed by atoms with Crippen molar-refractivity contribution in [1.29, 1.82) is 0 Å². The smallest absolute Gasteiger partial charge is 0.244 e. The molecule has 7 heteroatoms. The van der Waals surface area contributed by atoms with E-state index in [1.54, 1.807) is 23.6 Å². The molecule has 1 aliphatic carbocycles. The van der Waals surface area contributed by atoms with Gasteiger partial charge < -0.3 is 5.32 Å². The highest BCUT2D eigenvalue weighted by atomic mass is 32.1. The first kappa shape index (κ1) is 21.9. The third kappa shape index (κ3) is 5.11. The summed E-state index contributed by atoms with van der Waals surface area (Å²) >= 11 is 1.21. The fraction of sp³-hybridized carbons (Fsp3) is 0.240. The summed E-state index contributed by atoms with van der Waals surface area (Å²) in [6.45, 7) is 3.40. The number of hydrogen-bond acceptors (Lipinski definition) is 4. The molecule has 2 amide bonds. The first-order valence-electron chi connectivity index (χ1n) is 10.5. The van der Waals surface area contributed by atoms with Gasteiger partial charge in [0.15, 0.2) is 5.13 Å². The van der Waals surface area contributed by atoms with E-state index in [1.807, 2.05) is 6.92 Å². The van der Waals surface area contributed by atoms with E-state index < -0.39 is 5.82 Å². The number of para-hydroxylation sites is 1. The summed E-state index contributed by atoms with van der Waals surface area (Å²) in [7, 11) is 0. The summed E-state index contributed by atoms with van der Waals surface area (Å²) in [6, 6.07) is 14.3. The molecule has 1 aromatic heterocycles. The molecule has 1 aliphatic rings. The molecule has 0 bridgehead atoms. The molecule has 1 saturated carbocycles. The Morgan fingerprint density at radius 1 is 1.19 bits per heavy atom. The Morgan fingerprint density at radius 2 is 1.91 bits per heavy atom. The highest BCUT2D eigenvalue weighted by Crippen LogP contribution is 2.41. The van der Waals surface area contributed by atoms with Crippen molar-refractivity contribution in [2.45, 2.75) is 32.7 Å². The van der Waals surface area contributed by atoms with Gasteiger partial charge in [0.2, 0.25) is 11.8 Å². The molecule has 3 aromatic rings. The lowest BCUT2D eigenvalue weighted by Gasteiger charge is -2.18. The molecule has 0 aliphatic heterocycles. The van der Waals surface area contributed by atoms with E-state index in [1.165, 1.54) is 46.9 Å². The van der Waals surface area contributed by atoms with Gasteiger partial charge >= 0.3 is 0 Å². The molecule has 0 saturated heterocycles. The van der Waals surface area contributed by atoms with Crippen LogP contribution >= 0.6 is 11.3 Å². The molecule has 1 fully saturated rings. The standard InChI is InChI=1S/C25H24FN3O2S/c1-16-7-9-18(10-8-16)24(19-11-12-19)28-23(31)14-13-20-15-32-25(27-20)29(17(2)30)22-6-4-3-5-21(22)26/h3-10,13-15,19,24H,11-12H2,1-2H3,(H,28,31)/b14-13+. The van der Waals surface area contributed by atoms with Gasteiger partial charge in [0.1, 0.15) is 5.82 Å². The van der Waals surface area contributed by atoms with Crippen LogP contribution in [0.4, 0.5) is 15.2 Å². The minimum absolute atomic E-state index is 0.00648.